The van der Waals surface area contributed by atoms with Gasteiger partial charge in [0.15, 0.2) is 23.3 Å². The number of nitrogens with zero attached hydrogens (tertiary/aromatic N) is 2. The molecule has 0 aliphatic heterocycles. The molecule has 0 aliphatic rings. The second kappa shape index (κ2) is 4.77. The summed E-state index contributed by atoms with van der Waals surface area (Å²) in [5, 5.41) is 8.57. The average molecular weight is 285 g/mol. The van der Waals surface area contributed by atoms with Gasteiger partial charge < -0.3 is 5.73 Å². The van der Waals surface area contributed by atoms with Crippen LogP contribution in [0.2, 0.25) is 0 Å². The van der Waals surface area contributed by atoms with Crippen LogP contribution in [0.3, 0.4) is 0 Å². The summed E-state index contributed by atoms with van der Waals surface area (Å²) in [6, 6.07) is 3.62. The molecular formula is C12H4F5N3. The van der Waals surface area contributed by atoms with E-state index in [4.69, 9.17) is 11.0 Å². The first-order valence-corrected chi connectivity index (χ1v) is 5.07. The summed E-state index contributed by atoms with van der Waals surface area (Å²) in [6.45, 7) is 0. The normalized spacial score (nSPS) is 10.4. The van der Waals surface area contributed by atoms with Crippen LogP contribution in [-0.2, 0) is 0 Å². The molecule has 0 spiro atoms. The van der Waals surface area contributed by atoms with Gasteiger partial charge in [0, 0.05) is 5.56 Å². The third kappa shape index (κ3) is 1.93. The predicted molar refractivity (Wildman–Crippen MR) is 58.6 cm³/mol. The van der Waals surface area contributed by atoms with Gasteiger partial charge in [0.2, 0.25) is 5.82 Å². The van der Waals surface area contributed by atoms with Crippen molar-refractivity contribution in [1.29, 1.82) is 5.26 Å². The van der Waals surface area contributed by atoms with E-state index in [2.05, 4.69) is 4.98 Å². The van der Waals surface area contributed by atoms with Crippen molar-refractivity contribution in [2.24, 2.45) is 0 Å². The predicted octanol–water partition coefficient (Wildman–Crippen LogP) is 2.90. The highest BCUT2D eigenvalue weighted by molar-refractivity contribution is 5.75. The zero-order valence-corrected chi connectivity index (χ0v) is 9.52. The molecule has 0 saturated heterocycles. The van der Waals surface area contributed by atoms with E-state index in [1.165, 1.54) is 0 Å². The minimum Gasteiger partial charge on any atom is -0.383 e. The van der Waals surface area contributed by atoms with Gasteiger partial charge in [-0.25, -0.2) is 26.9 Å². The van der Waals surface area contributed by atoms with E-state index in [0.717, 1.165) is 12.1 Å². The number of hydrogen-bond donors (Lipinski definition) is 1. The second-order valence-electron chi connectivity index (χ2n) is 3.69. The molecule has 1 aromatic heterocycles. The molecule has 0 aliphatic carbocycles. The van der Waals surface area contributed by atoms with E-state index in [-0.39, 0.29) is 5.69 Å². The second-order valence-corrected chi connectivity index (χ2v) is 3.69. The zero-order valence-electron chi connectivity index (χ0n) is 9.52. The smallest absolute Gasteiger partial charge is 0.200 e. The Labute approximate surface area is 109 Å². The number of rotatable bonds is 1. The van der Waals surface area contributed by atoms with Crippen LogP contribution in [0.1, 0.15) is 5.69 Å². The molecule has 1 aromatic carbocycles. The van der Waals surface area contributed by atoms with Crippen molar-refractivity contribution in [2.75, 3.05) is 5.73 Å². The lowest BCUT2D eigenvalue weighted by Crippen LogP contribution is -2.06. The number of benzene rings is 1. The Balaban J connectivity index is 2.81. The number of nitrogens with two attached hydrogens (primary N) is 1. The summed E-state index contributed by atoms with van der Waals surface area (Å²) < 4.78 is 66.3. The third-order valence-electron chi connectivity index (χ3n) is 2.52. The average Bonchev–Trinajstić information content (AvgIpc) is 2.44. The molecule has 1 heterocycles. The van der Waals surface area contributed by atoms with Crippen molar-refractivity contribution in [3.05, 3.63) is 46.9 Å². The van der Waals surface area contributed by atoms with Crippen molar-refractivity contribution in [2.45, 2.75) is 0 Å². The van der Waals surface area contributed by atoms with Crippen LogP contribution in [0.5, 0.6) is 0 Å². The quantitative estimate of drug-likeness (QED) is 0.498. The number of aromatic nitrogens is 1. The van der Waals surface area contributed by atoms with Crippen LogP contribution in [-0.4, -0.2) is 4.98 Å². The molecule has 102 valence electrons. The molecule has 0 fully saturated rings. The van der Waals surface area contributed by atoms with Crippen LogP contribution >= 0.6 is 0 Å². The van der Waals surface area contributed by atoms with E-state index in [1.54, 1.807) is 6.07 Å². The first kappa shape index (κ1) is 13.7. The molecule has 0 saturated carbocycles. The first-order chi connectivity index (χ1) is 9.38. The lowest BCUT2D eigenvalue weighted by Gasteiger charge is -2.10. The highest BCUT2D eigenvalue weighted by Gasteiger charge is 2.27. The minimum atomic E-state index is -2.26. The summed E-state index contributed by atoms with van der Waals surface area (Å²) in [5.41, 5.74) is 3.54. The van der Waals surface area contributed by atoms with Crippen molar-refractivity contribution in [1.82, 2.24) is 4.98 Å². The fourth-order valence-electron chi connectivity index (χ4n) is 1.59. The van der Waals surface area contributed by atoms with Gasteiger partial charge in [-0.15, -0.1) is 0 Å². The molecule has 2 N–H and O–H groups in total. The van der Waals surface area contributed by atoms with Crippen LogP contribution in [0, 0.1) is 40.4 Å². The van der Waals surface area contributed by atoms with Crippen LogP contribution in [0.4, 0.5) is 27.8 Å². The summed E-state index contributed by atoms with van der Waals surface area (Å²) >= 11 is 0. The minimum absolute atomic E-state index is 0.157. The Morgan fingerprint density at radius 2 is 1.40 bits per heavy atom. The standard InChI is InChI=1S/C12H4F5N3/c13-7-6(8(14)10(16)11(17)9(7)15)5-2-1-4(3-18)20-12(5)19/h1-2H,(H2,19,20). The maximum atomic E-state index is 13.6. The monoisotopic (exact) mass is 285 g/mol. The Kier molecular flexibility index (Phi) is 3.28. The molecule has 0 bridgehead atoms. The summed E-state index contributed by atoms with van der Waals surface area (Å²) in [7, 11) is 0. The summed E-state index contributed by atoms with van der Waals surface area (Å²) in [5.74, 6) is -11.0. The van der Waals surface area contributed by atoms with Gasteiger partial charge in [0.05, 0.1) is 5.56 Å². The molecule has 20 heavy (non-hydrogen) atoms. The van der Waals surface area contributed by atoms with E-state index >= 15 is 0 Å². The van der Waals surface area contributed by atoms with E-state index < -0.39 is 46.0 Å². The summed E-state index contributed by atoms with van der Waals surface area (Å²) in [4.78, 5) is 3.48. The van der Waals surface area contributed by atoms with Crippen LogP contribution in [0.25, 0.3) is 11.1 Å². The number of hydrogen-bond acceptors (Lipinski definition) is 3. The molecular weight excluding hydrogens is 281 g/mol. The maximum Gasteiger partial charge on any atom is 0.200 e. The Morgan fingerprint density at radius 3 is 1.85 bits per heavy atom. The lowest BCUT2D eigenvalue weighted by molar-refractivity contribution is 0.381. The largest absolute Gasteiger partial charge is 0.383 e. The van der Waals surface area contributed by atoms with E-state index in [1.807, 2.05) is 0 Å². The van der Waals surface area contributed by atoms with Crippen LogP contribution in [0.15, 0.2) is 12.1 Å². The van der Waals surface area contributed by atoms with Gasteiger partial charge in [-0.1, -0.05) is 0 Å². The highest BCUT2D eigenvalue weighted by Crippen LogP contribution is 2.33. The van der Waals surface area contributed by atoms with E-state index in [0.29, 0.717) is 0 Å². The number of pyridine rings is 1. The molecule has 0 amide bonds. The lowest BCUT2D eigenvalue weighted by atomic mass is 10.0. The molecule has 0 atom stereocenters. The molecule has 0 radical (unpaired) electrons. The first-order valence-electron chi connectivity index (χ1n) is 5.07. The van der Waals surface area contributed by atoms with Gasteiger partial charge in [-0.2, -0.15) is 5.26 Å². The van der Waals surface area contributed by atoms with Gasteiger partial charge in [-0.3, -0.25) is 0 Å². The Bertz CT molecular complexity index is 723. The van der Waals surface area contributed by atoms with Gasteiger partial charge in [-0.05, 0) is 12.1 Å². The molecule has 0 unspecified atom stereocenters. The van der Waals surface area contributed by atoms with Crippen molar-refractivity contribution in [3.8, 4) is 17.2 Å². The van der Waals surface area contributed by atoms with Crippen molar-refractivity contribution in [3.63, 3.8) is 0 Å². The fourth-order valence-corrected chi connectivity index (χ4v) is 1.59. The Hall–Kier alpha value is -2.69. The topological polar surface area (TPSA) is 62.7 Å². The number of nitriles is 1. The van der Waals surface area contributed by atoms with E-state index in [9.17, 15) is 22.0 Å². The molecule has 3 nitrogen and oxygen atoms in total. The molecule has 2 aromatic rings. The number of nitrogen functional groups attached to an aromatic ring is 1. The summed E-state index contributed by atoms with van der Waals surface area (Å²) in [6.07, 6.45) is 0. The highest BCUT2D eigenvalue weighted by atomic mass is 19.2. The number of anilines is 1. The maximum absolute atomic E-state index is 13.6. The van der Waals surface area contributed by atoms with Gasteiger partial charge in [0.25, 0.3) is 0 Å². The molecule has 2 rings (SSSR count). The SMILES string of the molecule is N#Cc1ccc(-c2c(F)c(F)c(F)c(F)c2F)c(N)n1. The van der Waals surface area contributed by atoms with Crippen molar-refractivity contribution < 1.29 is 22.0 Å². The Morgan fingerprint density at radius 1 is 0.900 bits per heavy atom. The van der Waals surface area contributed by atoms with Crippen molar-refractivity contribution >= 4 is 5.82 Å². The number of halogens is 5. The zero-order chi connectivity index (χ0) is 15.0. The van der Waals surface area contributed by atoms with Crippen LogP contribution < -0.4 is 5.73 Å². The van der Waals surface area contributed by atoms with Gasteiger partial charge >= 0.3 is 0 Å². The van der Waals surface area contributed by atoms with Gasteiger partial charge in [0.1, 0.15) is 17.6 Å². The molecule has 8 heteroatoms. The fraction of sp³-hybridized carbons (Fsp3) is 0. The third-order valence-corrected chi connectivity index (χ3v) is 2.52.